The van der Waals surface area contributed by atoms with E-state index in [0.717, 1.165) is 23.1 Å². The summed E-state index contributed by atoms with van der Waals surface area (Å²) in [6.07, 6.45) is 0. The van der Waals surface area contributed by atoms with Crippen LogP contribution < -0.4 is 4.90 Å². The van der Waals surface area contributed by atoms with Crippen LogP contribution in [0.25, 0.3) is 0 Å². The average Bonchev–Trinajstić information content (AvgIpc) is 2.79. The molecule has 1 aliphatic rings. The van der Waals surface area contributed by atoms with Crippen LogP contribution in [-0.2, 0) is 9.84 Å². The maximum Gasteiger partial charge on any atom is 0.341 e. The normalized spacial score (nSPS) is 14.4. The van der Waals surface area contributed by atoms with Gasteiger partial charge in [-0.05, 0) is 46.3 Å². The molecule has 0 fully saturated rings. The average molecular weight is 416 g/mol. The maximum absolute atomic E-state index is 12.6. The zero-order chi connectivity index (χ0) is 17.6. The van der Waals surface area contributed by atoms with Crippen LogP contribution in [0.5, 0.6) is 0 Å². The van der Waals surface area contributed by atoms with Crippen LogP contribution in [0.1, 0.15) is 20.7 Å². The third-order valence-electron chi connectivity index (χ3n) is 3.52. The highest BCUT2D eigenvalue weighted by Crippen LogP contribution is 2.35. The molecule has 0 saturated heterocycles. The fraction of sp³-hybridized carbons (Fsp3) is 0.0667. The number of amides is 2. The molecule has 1 heterocycles. The molecule has 124 valence electrons. The van der Waals surface area contributed by atoms with Gasteiger partial charge in [0.15, 0.2) is 0 Å². The predicted octanol–water partition coefficient (Wildman–Crippen LogP) is 3.25. The van der Waals surface area contributed by atoms with Crippen molar-refractivity contribution in [2.75, 3.05) is 4.90 Å². The van der Waals surface area contributed by atoms with Crippen LogP contribution in [0.15, 0.2) is 51.8 Å². The summed E-state index contributed by atoms with van der Waals surface area (Å²) < 4.78 is 48.3. The van der Waals surface area contributed by atoms with Crippen molar-refractivity contribution < 1.29 is 26.8 Å². The van der Waals surface area contributed by atoms with E-state index in [1.807, 2.05) is 0 Å². The Morgan fingerprint density at radius 2 is 1.50 bits per heavy atom. The maximum atomic E-state index is 12.6. The van der Waals surface area contributed by atoms with E-state index in [1.165, 1.54) is 12.1 Å². The highest BCUT2D eigenvalue weighted by atomic mass is 79.9. The first-order chi connectivity index (χ1) is 11.2. The Bertz CT molecular complexity index is 940. The number of benzene rings is 2. The number of hydrogen-bond donors (Lipinski definition) is 0. The molecular weight excluding hydrogens is 408 g/mol. The van der Waals surface area contributed by atoms with Crippen molar-refractivity contribution in [1.29, 1.82) is 0 Å². The van der Waals surface area contributed by atoms with Gasteiger partial charge in [-0.1, -0.05) is 12.1 Å². The number of anilines is 1. The van der Waals surface area contributed by atoms with Gasteiger partial charge >= 0.3 is 5.76 Å². The Hall–Kier alpha value is -2.13. The lowest BCUT2D eigenvalue weighted by Crippen LogP contribution is -2.29. The number of rotatable bonds is 3. The molecule has 2 aromatic rings. The van der Waals surface area contributed by atoms with Crippen LogP contribution in [0.4, 0.5) is 14.5 Å². The van der Waals surface area contributed by atoms with Crippen molar-refractivity contribution in [3.05, 3.63) is 58.1 Å². The molecule has 3 rings (SSSR count). The van der Waals surface area contributed by atoms with E-state index in [1.54, 1.807) is 12.1 Å². The Kier molecular flexibility index (Phi) is 4.00. The summed E-state index contributed by atoms with van der Waals surface area (Å²) >= 11 is 3.04. The van der Waals surface area contributed by atoms with Gasteiger partial charge in [0.05, 0.1) is 21.7 Å². The minimum Gasteiger partial charge on any atom is -0.268 e. The molecule has 24 heavy (non-hydrogen) atoms. The number of carbonyl (C=O) groups excluding carboxylic acids is 2. The quantitative estimate of drug-likeness (QED) is 0.721. The summed E-state index contributed by atoms with van der Waals surface area (Å²) in [5.41, 5.74) is 0.520. The van der Waals surface area contributed by atoms with Crippen LogP contribution in [0, 0.1) is 0 Å². The summed E-state index contributed by atoms with van der Waals surface area (Å²) in [4.78, 5) is 25.1. The van der Waals surface area contributed by atoms with Gasteiger partial charge in [-0.3, -0.25) is 9.59 Å². The van der Waals surface area contributed by atoms with Crippen molar-refractivity contribution in [1.82, 2.24) is 0 Å². The standard InChI is InChI=1S/C15H8BrF2NO4S/c16-11-7-8(24(22,23)15(17)18)5-6-12(11)19-13(20)9-3-1-2-4-10(9)14(19)21/h1-7,15H. The predicted molar refractivity (Wildman–Crippen MR) is 84.9 cm³/mol. The lowest BCUT2D eigenvalue weighted by molar-refractivity contribution is 0.0926. The Labute approximate surface area is 143 Å². The van der Waals surface area contributed by atoms with Crippen molar-refractivity contribution in [3.8, 4) is 0 Å². The molecule has 5 nitrogen and oxygen atoms in total. The van der Waals surface area contributed by atoms with Crippen molar-refractivity contribution in [2.24, 2.45) is 0 Å². The van der Waals surface area contributed by atoms with Gasteiger partial charge in [0.2, 0.25) is 9.84 Å². The fourth-order valence-electron chi connectivity index (χ4n) is 2.36. The lowest BCUT2D eigenvalue weighted by atomic mass is 10.1. The molecule has 0 aromatic heterocycles. The van der Waals surface area contributed by atoms with Crippen molar-refractivity contribution in [3.63, 3.8) is 0 Å². The Balaban J connectivity index is 2.07. The second kappa shape index (κ2) is 5.75. The molecule has 0 saturated carbocycles. The summed E-state index contributed by atoms with van der Waals surface area (Å²) in [7, 11) is -4.77. The van der Waals surface area contributed by atoms with E-state index in [2.05, 4.69) is 15.9 Å². The Morgan fingerprint density at radius 1 is 0.958 bits per heavy atom. The Morgan fingerprint density at radius 3 is 1.96 bits per heavy atom. The molecule has 0 N–H and O–H groups in total. The topological polar surface area (TPSA) is 71.5 Å². The third-order valence-corrected chi connectivity index (χ3v) is 5.53. The van der Waals surface area contributed by atoms with Crippen LogP contribution in [0.3, 0.4) is 0 Å². The molecule has 2 amide bonds. The second-order valence-electron chi connectivity index (χ2n) is 4.91. The molecule has 1 aliphatic heterocycles. The SMILES string of the molecule is O=C1c2ccccc2C(=O)N1c1ccc(S(=O)(=O)C(F)F)cc1Br. The third kappa shape index (κ3) is 2.44. The zero-order valence-electron chi connectivity index (χ0n) is 11.7. The molecule has 0 radical (unpaired) electrons. The first-order valence-electron chi connectivity index (χ1n) is 6.54. The molecule has 0 spiro atoms. The fourth-order valence-corrected chi connectivity index (χ4v) is 3.81. The minimum atomic E-state index is -4.77. The number of sulfone groups is 1. The lowest BCUT2D eigenvalue weighted by Gasteiger charge is -2.16. The smallest absolute Gasteiger partial charge is 0.268 e. The summed E-state index contributed by atoms with van der Waals surface area (Å²) in [6.45, 7) is 0. The largest absolute Gasteiger partial charge is 0.341 e. The van der Waals surface area contributed by atoms with Crippen LogP contribution in [0.2, 0.25) is 0 Å². The summed E-state index contributed by atoms with van der Waals surface area (Å²) in [5, 5.41) is 0. The van der Waals surface area contributed by atoms with Gasteiger partial charge in [0.25, 0.3) is 11.8 Å². The number of hydrogen-bond acceptors (Lipinski definition) is 4. The molecule has 0 aliphatic carbocycles. The monoisotopic (exact) mass is 415 g/mol. The first-order valence-corrected chi connectivity index (χ1v) is 8.88. The molecular formula is C15H8BrF2NO4S. The van der Waals surface area contributed by atoms with Crippen molar-refractivity contribution in [2.45, 2.75) is 10.7 Å². The van der Waals surface area contributed by atoms with E-state index >= 15 is 0 Å². The van der Waals surface area contributed by atoms with Gasteiger partial charge in [0, 0.05) is 4.47 Å². The van der Waals surface area contributed by atoms with E-state index < -0.39 is 32.3 Å². The highest BCUT2D eigenvalue weighted by molar-refractivity contribution is 9.10. The molecule has 2 aromatic carbocycles. The second-order valence-corrected chi connectivity index (χ2v) is 7.68. The van der Waals surface area contributed by atoms with Gasteiger partial charge in [0.1, 0.15) is 0 Å². The highest BCUT2D eigenvalue weighted by Gasteiger charge is 2.37. The number of nitrogens with zero attached hydrogens (tertiary/aromatic N) is 1. The van der Waals surface area contributed by atoms with Crippen LogP contribution in [-0.4, -0.2) is 26.0 Å². The minimum absolute atomic E-state index is 0.0405. The van der Waals surface area contributed by atoms with Crippen molar-refractivity contribution >= 4 is 43.3 Å². The van der Waals surface area contributed by atoms with E-state index in [9.17, 15) is 26.8 Å². The number of halogens is 3. The van der Waals surface area contributed by atoms with Gasteiger partial charge in [-0.15, -0.1) is 0 Å². The van der Waals surface area contributed by atoms with Gasteiger partial charge < -0.3 is 0 Å². The molecule has 0 bridgehead atoms. The van der Waals surface area contributed by atoms with E-state index in [-0.39, 0.29) is 21.3 Å². The summed E-state index contributed by atoms with van der Waals surface area (Å²) in [6, 6.07) is 9.24. The zero-order valence-corrected chi connectivity index (χ0v) is 14.1. The van der Waals surface area contributed by atoms with Gasteiger partial charge in [-0.2, -0.15) is 8.78 Å². The molecule has 0 unspecified atom stereocenters. The number of imide groups is 1. The summed E-state index contributed by atoms with van der Waals surface area (Å²) in [5.74, 6) is -4.70. The number of alkyl halides is 2. The van der Waals surface area contributed by atoms with Gasteiger partial charge in [-0.25, -0.2) is 13.3 Å². The van der Waals surface area contributed by atoms with Crippen LogP contribution >= 0.6 is 15.9 Å². The number of fused-ring (bicyclic) bond motifs is 1. The molecule has 9 heteroatoms. The van der Waals surface area contributed by atoms with E-state index in [0.29, 0.717) is 0 Å². The number of carbonyl (C=O) groups is 2. The molecule has 0 atom stereocenters. The van der Waals surface area contributed by atoms with E-state index in [4.69, 9.17) is 0 Å². The first kappa shape index (κ1) is 16.7.